The van der Waals surface area contributed by atoms with Crippen LogP contribution in [-0.2, 0) is 0 Å². The van der Waals surface area contributed by atoms with E-state index in [1.54, 1.807) is 0 Å². The van der Waals surface area contributed by atoms with Crippen LogP contribution < -0.4 is 5.32 Å². The van der Waals surface area contributed by atoms with E-state index in [0.29, 0.717) is 16.9 Å². The van der Waals surface area contributed by atoms with E-state index in [1.165, 1.54) is 24.8 Å². The molecule has 0 spiro atoms. The van der Waals surface area contributed by atoms with Crippen LogP contribution in [0.5, 0.6) is 0 Å². The van der Waals surface area contributed by atoms with Crippen LogP contribution in [0.1, 0.15) is 45.6 Å². The molecule has 4 nitrogen and oxygen atoms in total. The lowest BCUT2D eigenvalue weighted by Gasteiger charge is -2.42. The number of hydrogen-bond donors (Lipinski definition) is 1. The van der Waals surface area contributed by atoms with Gasteiger partial charge >= 0.3 is 0 Å². The standard InChI is InChI=1S/C17H24N4/c1-11-5-6-13-18-15(20-21(13)10-11)19-14-16(2,3)12-7-8-17(14,4)9-12/h5-6,10,12,14H,7-9H2,1-4H3,(H,19,20). The molecule has 4 heteroatoms. The van der Waals surface area contributed by atoms with Crippen LogP contribution in [-0.4, -0.2) is 20.6 Å². The fraction of sp³-hybridized carbons (Fsp3) is 0.647. The third-order valence-electron chi connectivity index (χ3n) is 6.02. The van der Waals surface area contributed by atoms with Crippen LogP contribution in [0.2, 0.25) is 0 Å². The Morgan fingerprint density at radius 3 is 2.81 bits per heavy atom. The van der Waals surface area contributed by atoms with Gasteiger partial charge in [0.05, 0.1) is 0 Å². The lowest BCUT2D eigenvalue weighted by atomic mass is 9.68. The Kier molecular flexibility index (Phi) is 2.49. The summed E-state index contributed by atoms with van der Waals surface area (Å²) in [6, 6.07) is 4.57. The smallest absolute Gasteiger partial charge is 0.243 e. The number of fused-ring (bicyclic) bond motifs is 3. The van der Waals surface area contributed by atoms with E-state index in [2.05, 4.69) is 49.2 Å². The first-order valence-electron chi connectivity index (χ1n) is 7.98. The second kappa shape index (κ2) is 3.99. The SMILES string of the molecule is Cc1ccc2nc(NC3C4(C)CCC(C4)C3(C)C)nn2c1. The van der Waals surface area contributed by atoms with E-state index in [-0.39, 0.29) is 0 Å². The summed E-state index contributed by atoms with van der Waals surface area (Å²) in [4.78, 5) is 4.64. The summed E-state index contributed by atoms with van der Waals surface area (Å²) < 4.78 is 1.88. The Hall–Kier alpha value is -1.58. The number of nitrogens with zero attached hydrogens (tertiary/aromatic N) is 3. The molecule has 1 N–H and O–H groups in total. The third-order valence-corrected chi connectivity index (χ3v) is 6.02. The first-order chi connectivity index (χ1) is 9.88. The first kappa shape index (κ1) is 13.1. The van der Waals surface area contributed by atoms with E-state index < -0.39 is 0 Å². The van der Waals surface area contributed by atoms with Gasteiger partial charge in [-0.2, -0.15) is 4.98 Å². The van der Waals surface area contributed by atoms with Crippen molar-refractivity contribution in [1.29, 1.82) is 0 Å². The highest BCUT2D eigenvalue weighted by atomic mass is 15.4. The van der Waals surface area contributed by atoms with Crippen LogP contribution in [0.15, 0.2) is 18.3 Å². The van der Waals surface area contributed by atoms with Crippen molar-refractivity contribution >= 4 is 11.6 Å². The van der Waals surface area contributed by atoms with Gasteiger partial charge in [0, 0.05) is 12.2 Å². The summed E-state index contributed by atoms with van der Waals surface area (Å²) >= 11 is 0. The summed E-state index contributed by atoms with van der Waals surface area (Å²) in [6.07, 6.45) is 6.07. The van der Waals surface area contributed by atoms with E-state index >= 15 is 0 Å². The van der Waals surface area contributed by atoms with Crippen molar-refractivity contribution in [3.8, 4) is 0 Å². The van der Waals surface area contributed by atoms with E-state index in [1.807, 2.05) is 16.8 Å². The summed E-state index contributed by atoms with van der Waals surface area (Å²) in [5.41, 5.74) is 2.82. The molecule has 0 amide bonds. The second-order valence-electron chi connectivity index (χ2n) is 7.94. The Bertz CT molecular complexity index is 697. The third kappa shape index (κ3) is 1.81. The molecule has 2 heterocycles. The monoisotopic (exact) mass is 284 g/mol. The van der Waals surface area contributed by atoms with Crippen LogP contribution >= 0.6 is 0 Å². The van der Waals surface area contributed by atoms with Crippen molar-refractivity contribution in [3.05, 3.63) is 23.9 Å². The van der Waals surface area contributed by atoms with Crippen molar-refractivity contribution in [3.63, 3.8) is 0 Å². The predicted octanol–water partition coefficient (Wildman–Crippen LogP) is 3.66. The van der Waals surface area contributed by atoms with Crippen LogP contribution in [0, 0.1) is 23.7 Å². The van der Waals surface area contributed by atoms with E-state index in [0.717, 1.165) is 17.5 Å². The zero-order valence-corrected chi connectivity index (χ0v) is 13.3. The molecule has 0 aromatic carbocycles. The summed E-state index contributed by atoms with van der Waals surface area (Å²) in [5, 5.41) is 8.28. The van der Waals surface area contributed by atoms with Gasteiger partial charge in [0.15, 0.2) is 5.65 Å². The average molecular weight is 284 g/mol. The highest BCUT2D eigenvalue weighted by Gasteiger charge is 2.59. The number of rotatable bonds is 2. The molecule has 2 fully saturated rings. The van der Waals surface area contributed by atoms with Gasteiger partial charge in [0.2, 0.25) is 5.95 Å². The lowest BCUT2D eigenvalue weighted by molar-refractivity contribution is 0.155. The molecule has 2 aromatic heterocycles. The average Bonchev–Trinajstić information content (AvgIpc) is 3.03. The minimum atomic E-state index is 0.320. The summed E-state index contributed by atoms with van der Waals surface area (Å²) in [6.45, 7) is 9.31. The highest BCUT2D eigenvalue weighted by molar-refractivity contribution is 5.45. The van der Waals surface area contributed by atoms with Crippen molar-refractivity contribution < 1.29 is 0 Å². The Morgan fingerprint density at radius 2 is 2.10 bits per heavy atom. The molecule has 112 valence electrons. The summed E-state index contributed by atoms with van der Waals surface area (Å²) in [5.74, 6) is 1.60. The Labute approximate surface area is 126 Å². The predicted molar refractivity (Wildman–Crippen MR) is 84.4 cm³/mol. The molecule has 2 aromatic rings. The van der Waals surface area contributed by atoms with Crippen molar-refractivity contribution in [2.24, 2.45) is 16.7 Å². The molecule has 2 saturated carbocycles. The normalized spacial score (nSPS) is 33.7. The van der Waals surface area contributed by atoms with E-state index in [4.69, 9.17) is 0 Å². The van der Waals surface area contributed by atoms with Gasteiger partial charge in [0.25, 0.3) is 0 Å². The molecular formula is C17H24N4. The topological polar surface area (TPSA) is 42.2 Å². The lowest BCUT2D eigenvalue weighted by Crippen LogP contribution is -2.46. The molecule has 0 radical (unpaired) electrons. The quantitative estimate of drug-likeness (QED) is 0.915. The molecule has 0 saturated heterocycles. The zero-order valence-electron chi connectivity index (χ0n) is 13.3. The minimum Gasteiger partial charge on any atom is -0.349 e. The number of pyridine rings is 1. The fourth-order valence-corrected chi connectivity index (χ4v) is 4.84. The maximum atomic E-state index is 4.64. The second-order valence-corrected chi connectivity index (χ2v) is 7.94. The van der Waals surface area contributed by atoms with Crippen molar-refractivity contribution in [2.75, 3.05) is 5.32 Å². The molecule has 2 bridgehead atoms. The van der Waals surface area contributed by atoms with E-state index in [9.17, 15) is 0 Å². The van der Waals surface area contributed by atoms with Crippen LogP contribution in [0.25, 0.3) is 5.65 Å². The highest BCUT2D eigenvalue weighted by Crippen LogP contribution is 2.62. The maximum absolute atomic E-state index is 4.64. The number of aromatic nitrogens is 3. The van der Waals surface area contributed by atoms with Gasteiger partial charge in [-0.1, -0.05) is 26.8 Å². The van der Waals surface area contributed by atoms with Crippen LogP contribution in [0.3, 0.4) is 0 Å². The first-order valence-corrected chi connectivity index (χ1v) is 7.98. The van der Waals surface area contributed by atoms with Crippen molar-refractivity contribution in [1.82, 2.24) is 14.6 Å². The Morgan fingerprint density at radius 1 is 1.29 bits per heavy atom. The number of aryl methyl sites for hydroxylation is 1. The Balaban J connectivity index is 1.68. The largest absolute Gasteiger partial charge is 0.349 e. The van der Waals surface area contributed by atoms with Gasteiger partial charge in [0.1, 0.15) is 0 Å². The van der Waals surface area contributed by atoms with Gasteiger partial charge in [-0.15, -0.1) is 5.10 Å². The fourth-order valence-electron chi connectivity index (χ4n) is 4.84. The van der Waals surface area contributed by atoms with Gasteiger partial charge in [-0.25, -0.2) is 4.52 Å². The minimum absolute atomic E-state index is 0.320. The molecule has 4 rings (SSSR count). The van der Waals surface area contributed by atoms with Gasteiger partial charge < -0.3 is 5.32 Å². The number of nitrogens with one attached hydrogen (secondary N) is 1. The molecule has 2 aliphatic carbocycles. The maximum Gasteiger partial charge on any atom is 0.243 e. The molecule has 3 unspecified atom stereocenters. The zero-order chi connectivity index (χ0) is 14.8. The van der Waals surface area contributed by atoms with Gasteiger partial charge in [-0.05, 0) is 54.6 Å². The molecule has 3 atom stereocenters. The summed E-state index contributed by atoms with van der Waals surface area (Å²) in [7, 11) is 0. The number of hydrogen-bond acceptors (Lipinski definition) is 3. The molecular weight excluding hydrogens is 260 g/mol. The molecule has 0 aliphatic heterocycles. The van der Waals surface area contributed by atoms with Gasteiger partial charge in [-0.3, -0.25) is 0 Å². The van der Waals surface area contributed by atoms with Crippen LogP contribution in [0.4, 0.5) is 5.95 Å². The van der Waals surface area contributed by atoms with Crippen molar-refractivity contribution in [2.45, 2.75) is 53.0 Å². The molecule has 2 aliphatic rings. The molecule has 21 heavy (non-hydrogen) atoms. The number of anilines is 1.